The van der Waals surface area contributed by atoms with Crippen LogP contribution in [-0.2, 0) is 6.61 Å². The molecule has 0 aliphatic heterocycles. The minimum absolute atomic E-state index is 0.421. The van der Waals surface area contributed by atoms with Crippen LogP contribution in [0.15, 0.2) is 109 Å². The van der Waals surface area contributed by atoms with Crippen molar-refractivity contribution in [1.29, 1.82) is 0 Å². The normalized spacial score (nSPS) is 12.6. The predicted molar refractivity (Wildman–Crippen MR) is 131 cm³/mol. The van der Waals surface area contributed by atoms with Crippen molar-refractivity contribution in [2.24, 2.45) is 5.73 Å². The highest BCUT2D eigenvalue weighted by atomic mass is 19.4. The summed E-state index contributed by atoms with van der Waals surface area (Å²) in [4.78, 5) is 0. The maximum atomic E-state index is 13.0. The molecule has 0 heterocycles. The second kappa shape index (κ2) is 10.4. The summed E-state index contributed by atoms with van der Waals surface area (Å²) in [6.07, 6.45) is -2.07. The SMILES string of the molecule is NC(/C=C/c1cc(-c2ccccc2)ccc1-c1cccc(OCc2ccccc2)c1)C(F)(F)F. The molecule has 2 N–H and O–H groups in total. The van der Waals surface area contributed by atoms with Gasteiger partial charge in [0, 0.05) is 0 Å². The highest BCUT2D eigenvalue weighted by molar-refractivity contribution is 5.80. The van der Waals surface area contributed by atoms with Crippen molar-refractivity contribution in [3.63, 3.8) is 0 Å². The van der Waals surface area contributed by atoms with E-state index in [1.54, 1.807) is 0 Å². The van der Waals surface area contributed by atoms with E-state index in [9.17, 15) is 13.2 Å². The largest absolute Gasteiger partial charge is 0.489 e. The summed E-state index contributed by atoms with van der Waals surface area (Å²) in [6, 6.07) is 30.8. The van der Waals surface area contributed by atoms with Crippen molar-refractivity contribution < 1.29 is 17.9 Å². The third-order valence-corrected chi connectivity index (χ3v) is 5.41. The highest BCUT2D eigenvalue weighted by Gasteiger charge is 2.34. The van der Waals surface area contributed by atoms with Gasteiger partial charge in [-0.05, 0) is 51.6 Å². The van der Waals surface area contributed by atoms with Crippen LogP contribution < -0.4 is 10.5 Å². The Morgan fingerprint density at radius 2 is 1.41 bits per heavy atom. The first-order chi connectivity index (χ1) is 16.4. The fourth-order valence-corrected chi connectivity index (χ4v) is 3.58. The molecule has 5 heteroatoms. The summed E-state index contributed by atoms with van der Waals surface area (Å²) in [7, 11) is 0. The maximum Gasteiger partial charge on any atom is 0.407 e. The fraction of sp³-hybridized carbons (Fsp3) is 0.103. The van der Waals surface area contributed by atoms with Gasteiger partial charge in [-0.3, -0.25) is 0 Å². The Morgan fingerprint density at radius 1 is 0.735 bits per heavy atom. The molecule has 2 nitrogen and oxygen atoms in total. The molecule has 4 aromatic rings. The number of ether oxygens (including phenoxy) is 1. The second-order valence-electron chi connectivity index (χ2n) is 7.90. The van der Waals surface area contributed by atoms with Gasteiger partial charge in [-0.15, -0.1) is 0 Å². The molecular formula is C29H24F3NO. The predicted octanol–water partition coefficient (Wildman–Crippen LogP) is 7.50. The summed E-state index contributed by atoms with van der Waals surface area (Å²) < 4.78 is 45.0. The van der Waals surface area contributed by atoms with E-state index in [1.165, 1.54) is 6.08 Å². The van der Waals surface area contributed by atoms with E-state index in [-0.39, 0.29) is 0 Å². The van der Waals surface area contributed by atoms with Crippen molar-refractivity contribution in [2.45, 2.75) is 18.8 Å². The lowest BCUT2D eigenvalue weighted by molar-refractivity contribution is -0.136. The zero-order valence-electron chi connectivity index (χ0n) is 18.4. The van der Waals surface area contributed by atoms with E-state index in [0.717, 1.165) is 33.9 Å². The van der Waals surface area contributed by atoms with Crippen LogP contribution in [0.1, 0.15) is 11.1 Å². The molecule has 0 amide bonds. The zero-order valence-corrected chi connectivity index (χ0v) is 18.4. The molecule has 0 saturated carbocycles. The monoisotopic (exact) mass is 459 g/mol. The molecule has 4 rings (SSSR count). The summed E-state index contributed by atoms with van der Waals surface area (Å²) >= 11 is 0. The van der Waals surface area contributed by atoms with Gasteiger partial charge in [0.2, 0.25) is 0 Å². The molecule has 1 unspecified atom stereocenters. The van der Waals surface area contributed by atoms with Crippen molar-refractivity contribution in [3.05, 3.63) is 120 Å². The van der Waals surface area contributed by atoms with Crippen LogP contribution in [0, 0.1) is 0 Å². The topological polar surface area (TPSA) is 35.2 Å². The van der Waals surface area contributed by atoms with Crippen LogP contribution in [0.3, 0.4) is 0 Å². The third kappa shape index (κ3) is 5.94. The number of alkyl halides is 3. The number of halogens is 3. The van der Waals surface area contributed by atoms with Gasteiger partial charge < -0.3 is 10.5 Å². The smallest absolute Gasteiger partial charge is 0.407 e. The van der Waals surface area contributed by atoms with Crippen LogP contribution in [0.5, 0.6) is 5.75 Å². The summed E-state index contributed by atoms with van der Waals surface area (Å²) in [5, 5.41) is 0. The molecule has 172 valence electrons. The van der Waals surface area contributed by atoms with Crippen molar-refractivity contribution in [2.75, 3.05) is 0 Å². The maximum absolute atomic E-state index is 13.0. The van der Waals surface area contributed by atoms with E-state index < -0.39 is 12.2 Å². The minimum atomic E-state index is -4.50. The van der Waals surface area contributed by atoms with E-state index >= 15 is 0 Å². The quantitative estimate of drug-likeness (QED) is 0.311. The summed E-state index contributed by atoms with van der Waals surface area (Å²) in [5.41, 5.74) is 10.5. The summed E-state index contributed by atoms with van der Waals surface area (Å²) in [6.45, 7) is 0.421. The van der Waals surface area contributed by atoms with Gasteiger partial charge in [-0.1, -0.05) is 97.1 Å². The Bertz CT molecular complexity index is 1250. The van der Waals surface area contributed by atoms with Gasteiger partial charge in [0.25, 0.3) is 0 Å². The lowest BCUT2D eigenvalue weighted by Gasteiger charge is -2.14. The highest BCUT2D eigenvalue weighted by Crippen LogP contribution is 2.32. The van der Waals surface area contributed by atoms with E-state index in [1.807, 2.05) is 103 Å². The zero-order chi connectivity index (χ0) is 24.0. The number of hydrogen-bond donors (Lipinski definition) is 1. The molecule has 0 bridgehead atoms. The molecule has 0 saturated heterocycles. The van der Waals surface area contributed by atoms with Crippen molar-refractivity contribution >= 4 is 6.08 Å². The molecule has 0 aliphatic rings. The van der Waals surface area contributed by atoms with Crippen LogP contribution in [0.25, 0.3) is 28.3 Å². The lowest BCUT2D eigenvalue weighted by atomic mass is 9.94. The van der Waals surface area contributed by atoms with Gasteiger partial charge in [-0.2, -0.15) is 13.2 Å². The average Bonchev–Trinajstić information content (AvgIpc) is 2.86. The van der Waals surface area contributed by atoms with Gasteiger partial charge in [0.05, 0.1) is 0 Å². The number of nitrogens with two attached hydrogens (primary N) is 1. The molecule has 0 fully saturated rings. The van der Waals surface area contributed by atoms with E-state index in [2.05, 4.69) is 0 Å². The Labute approximate surface area is 197 Å². The third-order valence-electron chi connectivity index (χ3n) is 5.41. The lowest BCUT2D eigenvalue weighted by Crippen LogP contribution is -2.35. The Morgan fingerprint density at radius 3 is 2.12 bits per heavy atom. The van der Waals surface area contributed by atoms with Crippen LogP contribution in [0.4, 0.5) is 13.2 Å². The van der Waals surface area contributed by atoms with Crippen molar-refractivity contribution in [3.8, 4) is 28.0 Å². The van der Waals surface area contributed by atoms with Gasteiger partial charge in [0.1, 0.15) is 18.4 Å². The van der Waals surface area contributed by atoms with Gasteiger partial charge >= 0.3 is 6.18 Å². The average molecular weight is 460 g/mol. The van der Waals surface area contributed by atoms with Gasteiger partial charge in [-0.25, -0.2) is 0 Å². The second-order valence-corrected chi connectivity index (χ2v) is 7.90. The molecule has 0 spiro atoms. The Hall–Kier alpha value is -3.83. The van der Waals surface area contributed by atoms with Gasteiger partial charge in [0.15, 0.2) is 0 Å². The Kier molecular flexibility index (Phi) is 7.14. The fourth-order valence-electron chi connectivity index (χ4n) is 3.58. The standard InChI is InChI=1S/C29H24F3NO/c30-29(31,32)28(33)17-15-25-18-23(22-10-5-2-6-11-22)14-16-27(25)24-12-7-13-26(19-24)34-20-21-8-3-1-4-9-21/h1-19,28H,20,33H2/b17-15+. The molecule has 4 aromatic carbocycles. The van der Waals surface area contributed by atoms with Crippen molar-refractivity contribution in [1.82, 2.24) is 0 Å². The van der Waals surface area contributed by atoms with E-state index in [4.69, 9.17) is 10.5 Å². The summed E-state index contributed by atoms with van der Waals surface area (Å²) in [5.74, 6) is 0.676. The minimum Gasteiger partial charge on any atom is -0.489 e. The molecular weight excluding hydrogens is 435 g/mol. The van der Waals surface area contributed by atoms with Crippen LogP contribution in [-0.4, -0.2) is 12.2 Å². The molecule has 0 aromatic heterocycles. The first-order valence-corrected chi connectivity index (χ1v) is 10.9. The number of hydrogen-bond acceptors (Lipinski definition) is 2. The first-order valence-electron chi connectivity index (χ1n) is 10.9. The van der Waals surface area contributed by atoms with E-state index in [0.29, 0.717) is 17.9 Å². The number of rotatable bonds is 7. The number of benzene rings is 4. The molecule has 0 aliphatic carbocycles. The van der Waals surface area contributed by atoms with Crippen LogP contribution in [0.2, 0.25) is 0 Å². The Balaban J connectivity index is 1.68. The first kappa shape index (κ1) is 23.3. The molecule has 34 heavy (non-hydrogen) atoms. The van der Waals surface area contributed by atoms with Crippen LogP contribution >= 0.6 is 0 Å². The molecule has 1 atom stereocenters. The molecule has 0 radical (unpaired) electrons.